The molecule has 0 radical (unpaired) electrons. The molecule has 0 bridgehead atoms. The van der Waals surface area contributed by atoms with Crippen LogP contribution in [-0.2, 0) is 11.4 Å². The van der Waals surface area contributed by atoms with Crippen LogP contribution in [0.3, 0.4) is 0 Å². The number of furan rings is 1. The van der Waals surface area contributed by atoms with Gasteiger partial charge in [0.05, 0.1) is 12.3 Å². The van der Waals surface area contributed by atoms with Crippen molar-refractivity contribution >= 4 is 46.6 Å². The highest BCUT2D eigenvalue weighted by Crippen LogP contribution is 2.26. The number of hydrogen-bond acceptors (Lipinski definition) is 5. The molecule has 1 amide bonds. The molecule has 164 valence electrons. The number of anilines is 1. The summed E-state index contributed by atoms with van der Waals surface area (Å²) in [4.78, 5) is 14.3. The van der Waals surface area contributed by atoms with E-state index in [1.165, 1.54) is 4.90 Å². The van der Waals surface area contributed by atoms with E-state index in [2.05, 4.69) is 5.32 Å². The van der Waals surface area contributed by atoms with Gasteiger partial charge in [-0.1, -0.05) is 11.6 Å². The van der Waals surface area contributed by atoms with Gasteiger partial charge in [-0.05, 0) is 86.2 Å². The van der Waals surface area contributed by atoms with Crippen LogP contribution >= 0.6 is 23.8 Å². The Morgan fingerprint density at radius 1 is 1.09 bits per heavy atom. The maximum atomic E-state index is 12.9. The quantitative estimate of drug-likeness (QED) is 0.366. The van der Waals surface area contributed by atoms with Gasteiger partial charge in [0, 0.05) is 11.1 Å². The Balaban J connectivity index is 1.44. The highest BCUT2D eigenvalue weighted by atomic mass is 35.5. The smallest absolute Gasteiger partial charge is 0.281 e. The van der Waals surface area contributed by atoms with E-state index in [4.69, 9.17) is 37.7 Å². The lowest BCUT2D eigenvalue weighted by Crippen LogP contribution is -2.30. The first kappa shape index (κ1) is 21.9. The normalized spacial score (nSPS) is 14.7. The second-order valence-electron chi connectivity index (χ2n) is 7.06. The lowest BCUT2D eigenvalue weighted by molar-refractivity contribution is -0.113. The van der Waals surface area contributed by atoms with Gasteiger partial charge in [0.1, 0.15) is 35.3 Å². The maximum absolute atomic E-state index is 12.9. The van der Waals surface area contributed by atoms with Crippen molar-refractivity contribution in [2.45, 2.75) is 20.5 Å². The van der Waals surface area contributed by atoms with Gasteiger partial charge in [-0.2, -0.15) is 0 Å². The second kappa shape index (κ2) is 9.46. The second-order valence-corrected chi connectivity index (χ2v) is 7.85. The molecule has 0 aliphatic carbocycles. The average Bonchev–Trinajstić information content (AvgIpc) is 3.34. The predicted molar refractivity (Wildman–Crippen MR) is 128 cm³/mol. The lowest BCUT2D eigenvalue weighted by Gasteiger charge is -2.14. The topological polar surface area (TPSA) is 63.9 Å². The SMILES string of the molecule is CCOc1ccc(N2C(=O)/C(=C\c3ccc(COc4ccc(Cl)c(C)c4)o3)NC2=S)cc1. The number of benzene rings is 2. The Bertz CT molecular complexity index is 1190. The Morgan fingerprint density at radius 2 is 1.84 bits per heavy atom. The zero-order valence-electron chi connectivity index (χ0n) is 17.6. The minimum Gasteiger partial charge on any atom is -0.494 e. The molecule has 1 saturated heterocycles. The minimum atomic E-state index is -0.259. The number of amides is 1. The number of nitrogens with zero attached hydrogens (tertiary/aromatic N) is 1. The molecule has 32 heavy (non-hydrogen) atoms. The zero-order chi connectivity index (χ0) is 22.7. The van der Waals surface area contributed by atoms with Crippen LogP contribution < -0.4 is 19.7 Å². The standard InChI is InChI=1S/C24H21ClN2O4S/c1-3-29-17-6-4-16(5-7-17)27-23(28)22(26-24(27)32)13-19-8-9-20(31-19)14-30-18-10-11-21(25)15(2)12-18/h4-13H,3,14H2,1-2H3,(H,26,32)/b22-13+. The van der Waals surface area contributed by atoms with Gasteiger partial charge >= 0.3 is 0 Å². The van der Waals surface area contributed by atoms with E-state index >= 15 is 0 Å². The molecule has 0 atom stereocenters. The van der Waals surface area contributed by atoms with Gasteiger partial charge in [0.15, 0.2) is 5.11 Å². The number of carbonyl (C=O) groups excluding carboxylic acids is 1. The van der Waals surface area contributed by atoms with Crippen LogP contribution in [0.5, 0.6) is 11.5 Å². The van der Waals surface area contributed by atoms with Crippen LogP contribution in [0.4, 0.5) is 5.69 Å². The fourth-order valence-corrected chi connectivity index (χ4v) is 3.60. The highest BCUT2D eigenvalue weighted by Gasteiger charge is 2.32. The van der Waals surface area contributed by atoms with Gasteiger partial charge in [-0.3, -0.25) is 9.69 Å². The number of hydrogen-bond donors (Lipinski definition) is 1. The third-order valence-corrected chi connectivity index (χ3v) is 5.47. The molecule has 4 rings (SSSR count). The van der Waals surface area contributed by atoms with E-state index < -0.39 is 0 Å². The highest BCUT2D eigenvalue weighted by molar-refractivity contribution is 7.80. The van der Waals surface area contributed by atoms with Crippen molar-refractivity contribution in [1.82, 2.24) is 5.32 Å². The summed E-state index contributed by atoms with van der Waals surface area (Å²) in [5.74, 6) is 2.32. The van der Waals surface area contributed by atoms with Crippen molar-refractivity contribution in [1.29, 1.82) is 0 Å². The van der Waals surface area contributed by atoms with E-state index in [0.29, 0.717) is 45.4 Å². The van der Waals surface area contributed by atoms with Crippen LogP contribution in [0.15, 0.2) is 64.7 Å². The number of carbonyl (C=O) groups is 1. The number of rotatable bonds is 7. The van der Waals surface area contributed by atoms with E-state index in [0.717, 1.165) is 11.3 Å². The van der Waals surface area contributed by atoms with E-state index in [1.807, 2.05) is 19.9 Å². The lowest BCUT2D eigenvalue weighted by atomic mass is 10.2. The van der Waals surface area contributed by atoms with E-state index in [-0.39, 0.29) is 12.5 Å². The van der Waals surface area contributed by atoms with Crippen molar-refractivity contribution < 1.29 is 18.7 Å². The van der Waals surface area contributed by atoms with Gasteiger partial charge in [0.25, 0.3) is 5.91 Å². The van der Waals surface area contributed by atoms with Crippen LogP contribution in [0.25, 0.3) is 6.08 Å². The molecular formula is C24H21ClN2O4S. The number of halogens is 1. The molecule has 6 nitrogen and oxygen atoms in total. The summed E-state index contributed by atoms with van der Waals surface area (Å²) in [5.41, 5.74) is 1.93. The van der Waals surface area contributed by atoms with E-state index in [9.17, 15) is 4.79 Å². The Hall–Kier alpha value is -3.29. The van der Waals surface area contributed by atoms with Gasteiger partial charge in [-0.15, -0.1) is 0 Å². The van der Waals surface area contributed by atoms with Crippen LogP contribution in [0, 0.1) is 6.92 Å². The zero-order valence-corrected chi connectivity index (χ0v) is 19.1. The fraction of sp³-hybridized carbons (Fsp3) is 0.167. The summed E-state index contributed by atoms with van der Waals surface area (Å²) in [6.45, 7) is 4.66. The van der Waals surface area contributed by atoms with Gasteiger partial charge in [0.2, 0.25) is 0 Å². The molecule has 3 aromatic rings. The molecule has 1 aliphatic heterocycles. The number of ether oxygens (including phenoxy) is 2. The van der Waals surface area contributed by atoms with Crippen molar-refractivity contribution in [2.75, 3.05) is 11.5 Å². The summed E-state index contributed by atoms with van der Waals surface area (Å²) in [7, 11) is 0. The maximum Gasteiger partial charge on any atom is 0.281 e. The first-order valence-corrected chi connectivity index (χ1v) is 10.8. The Morgan fingerprint density at radius 3 is 2.56 bits per heavy atom. The average molecular weight is 469 g/mol. The molecule has 0 unspecified atom stereocenters. The monoisotopic (exact) mass is 468 g/mol. The molecule has 1 aromatic heterocycles. The third kappa shape index (κ3) is 4.79. The van der Waals surface area contributed by atoms with Gasteiger partial charge < -0.3 is 19.2 Å². The van der Waals surface area contributed by atoms with Gasteiger partial charge in [-0.25, -0.2) is 0 Å². The molecule has 1 fully saturated rings. The molecule has 1 aliphatic rings. The molecule has 2 heterocycles. The number of thiocarbonyl (C=S) groups is 1. The molecule has 2 aromatic carbocycles. The van der Waals surface area contributed by atoms with Crippen molar-refractivity contribution in [3.8, 4) is 11.5 Å². The van der Waals surface area contributed by atoms with Crippen molar-refractivity contribution in [3.63, 3.8) is 0 Å². The summed E-state index contributed by atoms with van der Waals surface area (Å²) in [6, 6.07) is 16.2. The third-order valence-electron chi connectivity index (χ3n) is 4.76. The minimum absolute atomic E-state index is 0.252. The van der Waals surface area contributed by atoms with Crippen LogP contribution in [0.1, 0.15) is 24.0 Å². The van der Waals surface area contributed by atoms with Crippen molar-refractivity contribution in [2.24, 2.45) is 0 Å². The summed E-state index contributed by atoms with van der Waals surface area (Å²) in [5, 5.41) is 3.95. The first-order chi connectivity index (χ1) is 15.4. The Kier molecular flexibility index (Phi) is 6.48. The number of nitrogens with one attached hydrogen (secondary N) is 1. The summed E-state index contributed by atoms with van der Waals surface area (Å²) in [6.07, 6.45) is 1.62. The predicted octanol–water partition coefficient (Wildman–Crippen LogP) is 5.48. The fourth-order valence-electron chi connectivity index (χ4n) is 3.18. The summed E-state index contributed by atoms with van der Waals surface area (Å²) < 4.78 is 17.0. The van der Waals surface area contributed by atoms with E-state index in [1.54, 1.807) is 54.6 Å². The van der Waals surface area contributed by atoms with Crippen LogP contribution in [-0.4, -0.2) is 17.6 Å². The summed E-state index contributed by atoms with van der Waals surface area (Å²) >= 11 is 11.4. The molecule has 0 saturated carbocycles. The van der Waals surface area contributed by atoms with Crippen molar-refractivity contribution in [3.05, 3.63) is 82.4 Å². The molecule has 8 heteroatoms. The molecule has 0 spiro atoms. The van der Waals surface area contributed by atoms with Crippen LogP contribution in [0.2, 0.25) is 5.02 Å². The number of aryl methyl sites for hydroxylation is 1. The Labute approximate surface area is 196 Å². The first-order valence-electron chi connectivity index (χ1n) is 10.0. The molecular weight excluding hydrogens is 448 g/mol. The largest absolute Gasteiger partial charge is 0.494 e. The molecule has 1 N–H and O–H groups in total.